The van der Waals surface area contributed by atoms with E-state index in [1.54, 1.807) is 12.1 Å². The Morgan fingerprint density at radius 1 is 1.07 bits per heavy atom. The SMILES string of the molecule is CO.Cc1ccc(S(=O)(=O)O)cc1.[Co]. The van der Waals surface area contributed by atoms with Crippen LogP contribution in [0.25, 0.3) is 0 Å². The molecule has 0 amide bonds. The van der Waals surface area contributed by atoms with E-state index in [2.05, 4.69) is 0 Å². The third-order valence-electron chi connectivity index (χ3n) is 1.32. The normalized spacial score (nSPS) is 9.43. The molecule has 14 heavy (non-hydrogen) atoms. The summed E-state index contributed by atoms with van der Waals surface area (Å²) >= 11 is 0. The van der Waals surface area contributed by atoms with Gasteiger partial charge < -0.3 is 5.11 Å². The van der Waals surface area contributed by atoms with E-state index in [-0.39, 0.29) is 21.7 Å². The molecule has 2 N–H and O–H groups in total. The first-order chi connectivity index (χ1) is 6.00. The van der Waals surface area contributed by atoms with Gasteiger partial charge in [0.15, 0.2) is 0 Å². The Morgan fingerprint density at radius 2 is 1.43 bits per heavy atom. The van der Waals surface area contributed by atoms with Crippen LogP contribution in [0.1, 0.15) is 5.56 Å². The molecule has 0 atom stereocenters. The molecule has 0 unspecified atom stereocenters. The minimum atomic E-state index is -4.02. The maximum Gasteiger partial charge on any atom is 0.294 e. The van der Waals surface area contributed by atoms with Crippen molar-refractivity contribution >= 4 is 10.1 Å². The van der Waals surface area contributed by atoms with Gasteiger partial charge in [-0.2, -0.15) is 8.42 Å². The maximum absolute atomic E-state index is 10.5. The van der Waals surface area contributed by atoms with Crippen molar-refractivity contribution in [2.75, 3.05) is 7.11 Å². The summed E-state index contributed by atoms with van der Waals surface area (Å²) in [5.74, 6) is 0. The summed E-state index contributed by atoms with van der Waals surface area (Å²) in [5, 5.41) is 7.00. The summed E-state index contributed by atoms with van der Waals surface area (Å²) in [4.78, 5) is -0.0666. The Hall–Kier alpha value is -0.404. The van der Waals surface area contributed by atoms with Crippen molar-refractivity contribution in [1.82, 2.24) is 0 Å². The van der Waals surface area contributed by atoms with Gasteiger partial charge in [0.05, 0.1) is 4.90 Å². The van der Waals surface area contributed by atoms with Crippen molar-refractivity contribution < 1.29 is 34.9 Å². The molecule has 0 heterocycles. The van der Waals surface area contributed by atoms with Crippen LogP contribution >= 0.6 is 0 Å². The molecular weight excluding hydrogens is 251 g/mol. The predicted molar refractivity (Wildman–Crippen MR) is 49.1 cm³/mol. The monoisotopic (exact) mass is 263 g/mol. The van der Waals surface area contributed by atoms with E-state index in [4.69, 9.17) is 9.66 Å². The van der Waals surface area contributed by atoms with Crippen LogP contribution in [0.15, 0.2) is 29.2 Å². The fraction of sp³-hybridized carbons (Fsp3) is 0.250. The maximum atomic E-state index is 10.5. The number of benzene rings is 1. The van der Waals surface area contributed by atoms with Crippen molar-refractivity contribution in [3.05, 3.63) is 29.8 Å². The van der Waals surface area contributed by atoms with E-state index < -0.39 is 10.1 Å². The number of aliphatic hydroxyl groups is 1. The van der Waals surface area contributed by atoms with E-state index in [1.807, 2.05) is 6.92 Å². The molecule has 0 bridgehead atoms. The first kappa shape index (κ1) is 16.0. The predicted octanol–water partition coefficient (Wildman–Crippen LogP) is 0.848. The Kier molecular flexibility index (Phi) is 7.98. The molecule has 83 valence electrons. The zero-order valence-electron chi connectivity index (χ0n) is 7.76. The van der Waals surface area contributed by atoms with Gasteiger partial charge in [-0.25, -0.2) is 0 Å². The molecule has 0 spiro atoms. The Labute approximate surface area is 93.9 Å². The molecule has 0 saturated carbocycles. The van der Waals surface area contributed by atoms with Crippen LogP contribution in [-0.2, 0) is 26.9 Å². The molecule has 0 aliphatic rings. The molecular formula is C8H12CoO4S. The van der Waals surface area contributed by atoms with Gasteiger partial charge in [0.25, 0.3) is 10.1 Å². The minimum absolute atomic E-state index is 0. The van der Waals surface area contributed by atoms with Crippen LogP contribution < -0.4 is 0 Å². The van der Waals surface area contributed by atoms with Crippen LogP contribution in [0.2, 0.25) is 0 Å². The third-order valence-corrected chi connectivity index (χ3v) is 2.19. The van der Waals surface area contributed by atoms with Gasteiger partial charge in [0, 0.05) is 23.9 Å². The van der Waals surface area contributed by atoms with Gasteiger partial charge in [-0.3, -0.25) is 4.55 Å². The van der Waals surface area contributed by atoms with Gasteiger partial charge in [0.2, 0.25) is 0 Å². The number of aliphatic hydroxyl groups excluding tert-OH is 1. The zero-order chi connectivity index (χ0) is 10.5. The van der Waals surface area contributed by atoms with Gasteiger partial charge in [0.1, 0.15) is 0 Å². The fourth-order valence-electron chi connectivity index (χ4n) is 0.710. The molecule has 0 fully saturated rings. The molecule has 0 saturated heterocycles. The molecule has 1 rings (SSSR count). The van der Waals surface area contributed by atoms with E-state index in [0.717, 1.165) is 12.7 Å². The van der Waals surface area contributed by atoms with E-state index >= 15 is 0 Å². The van der Waals surface area contributed by atoms with Gasteiger partial charge >= 0.3 is 0 Å². The smallest absolute Gasteiger partial charge is 0.294 e. The number of hydrogen-bond acceptors (Lipinski definition) is 3. The zero-order valence-corrected chi connectivity index (χ0v) is 9.62. The Morgan fingerprint density at radius 3 is 1.71 bits per heavy atom. The number of rotatable bonds is 1. The fourth-order valence-corrected chi connectivity index (χ4v) is 1.19. The second-order valence-corrected chi connectivity index (χ2v) is 3.71. The topological polar surface area (TPSA) is 74.6 Å². The standard InChI is InChI=1S/C7H8O3S.CH4O.Co/c1-6-2-4-7(5-3-6)11(8,9)10;1-2;/h2-5H,1H3,(H,8,9,10);2H,1H3;. The summed E-state index contributed by atoms with van der Waals surface area (Å²) in [5.41, 5.74) is 0.956. The van der Waals surface area contributed by atoms with E-state index in [9.17, 15) is 8.42 Å². The summed E-state index contributed by atoms with van der Waals surface area (Å²) < 4.78 is 29.6. The summed E-state index contributed by atoms with van der Waals surface area (Å²) in [6.07, 6.45) is 0. The van der Waals surface area contributed by atoms with Crippen LogP contribution in [-0.4, -0.2) is 25.2 Å². The largest absolute Gasteiger partial charge is 0.400 e. The quantitative estimate of drug-likeness (QED) is 0.736. The molecule has 0 aliphatic carbocycles. The van der Waals surface area contributed by atoms with Gasteiger partial charge in [-0.15, -0.1) is 0 Å². The van der Waals surface area contributed by atoms with E-state index in [0.29, 0.717) is 0 Å². The minimum Gasteiger partial charge on any atom is -0.400 e. The third kappa shape index (κ3) is 5.35. The van der Waals surface area contributed by atoms with Crippen molar-refractivity contribution in [3.63, 3.8) is 0 Å². The van der Waals surface area contributed by atoms with Gasteiger partial charge in [-0.1, -0.05) is 17.7 Å². The average molecular weight is 263 g/mol. The first-order valence-corrected chi connectivity index (χ1v) is 4.93. The Bertz CT molecular complexity index is 344. The number of hydrogen-bond donors (Lipinski definition) is 2. The van der Waals surface area contributed by atoms with Crippen molar-refractivity contribution in [1.29, 1.82) is 0 Å². The number of aryl methyl sites for hydroxylation is 1. The molecule has 1 radical (unpaired) electrons. The van der Waals surface area contributed by atoms with Crippen LogP contribution in [0.4, 0.5) is 0 Å². The second kappa shape index (κ2) is 6.96. The van der Waals surface area contributed by atoms with Crippen molar-refractivity contribution in [2.45, 2.75) is 11.8 Å². The molecule has 0 aliphatic heterocycles. The Balaban J connectivity index is 0. The van der Waals surface area contributed by atoms with Crippen LogP contribution in [0.3, 0.4) is 0 Å². The molecule has 4 nitrogen and oxygen atoms in total. The van der Waals surface area contributed by atoms with Crippen molar-refractivity contribution in [2.24, 2.45) is 0 Å². The molecule has 6 heteroatoms. The summed E-state index contributed by atoms with van der Waals surface area (Å²) in [6.45, 7) is 1.84. The van der Waals surface area contributed by atoms with Crippen LogP contribution in [0, 0.1) is 6.92 Å². The second-order valence-electron chi connectivity index (χ2n) is 2.29. The van der Waals surface area contributed by atoms with E-state index in [1.165, 1.54) is 12.1 Å². The average Bonchev–Trinajstić information content (AvgIpc) is 2.07. The van der Waals surface area contributed by atoms with Gasteiger partial charge in [-0.05, 0) is 19.1 Å². The van der Waals surface area contributed by atoms with Crippen LogP contribution in [0.5, 0.6) is 0 Å². The molecule has 0 aromatic heterocycles. The summed E-state index contributed by atoms with van der Waals surface area (Å²) in [6, 6.07) is 5.99. The summed E-state index contributed by atoms with van der Waals surface area (Å²) in [7, 11) is -3.02. The van der Waals surface area contributed by atoms with Crippen molar-refractivity contribution in [3.8, 4) is 0 Å². The molecule has 1 aromatic rings. The first-order valence-electron chi connectivity index (χ1n) is 3.49. The molecule has 1 aromatic carbocycles.